The Morgan fingerprint density at radius 1 is 1.60 bits per heavy atom. The van der Waals surface area contributed by atoms with Crippen molar-refractivity contribution in [1.82, 2.24) is 4.98 Å². The van der Waals surface area contributed by atoms with Gasteiger partial charge < -0.3 is 5.73 Å². The van der Waals surface area contributed by atoms with E-state index < -0.39 is 0 Å². The minimum Gasteiger partial charge on any atom is -0.325 e. The van der Waals surface area contributed by atoms with Gasteiger partial charge in [0.1, 0.15) is 0 Å². The van der Waals surface area contributed by atoms with Gasteiger partial charge in [0, 0.05) is 23.0 Å². The molecule has 2 nitrogen and oxygen atoms in total. The molecule has 1 aliphatic carbocycles. The molecule has 84 valence electrons. The Bertz CT molecular complexity index is 309. The molecule has 2 N–H and O–H groups in total. The highest BCUT2D eigenvalue weighted by molar-refractivity contribution is 7.09. The summed E-state index contributed by atoms with van der Waals surface area (Å²) >= 11 is 1.73. The predicted molar refractivity (Wildman–Crippen MR) is 64.9 cm³/mol. The molecule has 0 radical (unpaired) electrons. The quantitative estimate of drug-likeness (QED) is 0.839. The van der Waals surface area contributed by atoms with Crippen molar-refractivity contribution in [2.75, 3.05) is 0 Å². The van der Waals surface area contributed by atoms with E-state index in [0.717, 1.165) is 18.8 Å². The monoisotopic (exact) mass is 224 g/mol. The van der Waals surface area contributed by atoms with Gasteiger partial charge >= 0.3 is 0 Å². The summed E-state index contributed by atoms with van der Waals surface area (Å²) in [6.07, 6.45) is 6.74. The van der Waals surface area contributed by atoms with E-state index in [1.807, 2.05) is 11.7 Å². The summed E-state index contributed by atoms with van der Waals surface area (Å²) in [4.78, 5) is 5.46. The first-order valence-corrected chi connectivity index (χ1v) is 6.66. The summed E-state index contributed by atoms with van der Waals surface area (Å²) in [7, 11) is 0. The number of hydrogen-bond donors (Lipinski definition) is 1. The molecule has 1 heterocycles. The third-order valence-corrected chi connectivity index (χ3v) is 4.83. The summed E-state index contributed by atoms with van der Waals surface area (Å²) in [5.41, 5.74) is 8.47. The summed E-state index contributed by atoms with van der Waals surface area (Å²) < 4.78 is 0. The minimum atomic E-state index is 0.00417. The second-order valence-electron chi connectivity index (χ2n) is 5.04. The zero-order valence-corrected chi connectivity index (χ0v) is 10.4. The molecule has 15 heavy (non-hydrogen) atoms. The summed E-state index contributed by atoms with van der Waals surface area (Å²) in [5, 5.41) is 0. The fraction of sp³-hybridized carbons (Fsp3) is 0.750. The van der Waals surface area contributed by atoms with E-state index in [4.69, 9.17) is 5.73 Å². The van der Waals surface area contributed by atoms with E-state index in [2.05, 4.69) is 18.8 Å². The van der Waals surface area contributed by atoms with Gasteiger partial charge in [-0.2, -0.15) is 0 Å². The van der Waals surface area contributed by atoms with Crippen LogP contribution in [0.2, 0.25) is 0 Å². The maximum atomic E-state index is 6.56. The van der Waals surface area contributed by atoms with Crippen LogP contribution in [0.1, 0.15) is 38.0 Å². The zero-order valence-electron chi connectivity index (χ0n) is 9.57. The molecule has 1 aromatic heterocycles. The lowest BCUT2D eigenvalue weighted by Gasteiger charge is -2.43. The van der Waals surface area contributed by atoms with Gasteiger partial charge in [-0.05, 0) is 18.3 Å². The van der Waals surface area contributed by atoms with Crippen molar-refractivity contribution in [2.45, 2.75) is 45.1 Å². The molecular formula is C12H20N2S. The lowest BCUT2D eigenvalue weighted by atomic mass is 9.67. The van der Waals surface area contributed by atoms with E-state index >= 15 is 0 Å². The maximum Gasteiger partial charge on any atom is 0.0794 e. The fourth-order valence-electron chi connectivity index (χ4n) is 2.70. The average Bonchev–Trinajstić information content (AvgIpc) is 2.67. The van der Waals surface area contributed by atoms with Crippen molar-refractivity contribution in [1.29, 1.82) is 0 Å². The van der Waals surface area contributed by atoms with Crippen LogP contribution < -0.4 is 5.73 Å². The van der Waals surface area contributed by atoms with E-state index in [9.17, 15) is 0 Å². The number of nitrogens with two attached hydrogens (primary N) is 1. The van der Waals surface area contributed by atoms with Crippen molar-refractivity contribution in [3.63, 3.8) is 0 Å². The number of hydrogen-bond acceptors (Lipinski definition) is 3. The van der Waals surface area contributed by atoms with Crippen molar-refractivity contribution < 1.29 is 0 Å². The third kappa shape index (κ3) is 2.23. The molecule has 1 aromatic rings. The van der Waals surface area contributed by atoms with Crippen LogP contribution in [-0.2, 0) is 6.42 Å². The van der Waals surface area contributed by atoms with Crippen LogP contribution in [0.15, 0.2) is 11.7 Å². The lowest BCUT2D eigenvalue weighted by molar-refractivity contribution is 0.144. The van der Waals surface area contributed by atoms with Crippen LogP contribution in [0, 0.1) is 11.8 Å². The summed E-state index contributed by atoms with van der Waals surface area (Å²) in [6, 6.07) is 0. The van der Waals surface area contributed by atoms with Crippen molar-refractivity contribution >= 4 is 11.3 Å². The van der Waals surface area contributed by atoms with E-state index in [-0.39, 0.29) is 5.54 Å². The first-order valence-electron chi connectivity index (χ1n) is 5.78. The first-order chi connectivity index (χ1) is 7.12. The first kappa shape index (κ1) is 11.1. The minimum absolute atomic E-state index is 0.00417. The highest BCUT2D eigenvalue weighted by atomic mass is 32.1. The molecule has 0 aromatic carbocycles. The van der Waals surface area contributed by atoms with Gasteiger partial charge in [-0.1, -0.05) is 26.7 Å². The van der Waals surface area contributed by atoms with Crippen LogP contribution in [0.5, 0.6) is 0 Å². The second-order valence-corrected chi connectivity index (χ2v) is 6.01. The maximum absolute atomic E-state index is 6.56. The highest BCUT2D eigenvalue weighted by Crippen LogP contribution is 2.38. The molecule has 1 saturated carbocycles. The molecule has 0 spiro atoms. The van der Waals surface area contributed by atoms with Gasteiger partial charge in [0.25, 0.3) is 0 Å². The molecule has 0 saturated heterocycles. The molecule has 0 bridgehead atoms. The Morgan fingerprint density at radius 2 is 2.40 bits per heavy atom. The largest absolute Gasteiger partial charge is 0.325 e. The van der Waals surface area contributed by atoms with Crippen LogP contribution in [0.4, 0.5) is 0 Å². The molecule has 2 rings (SSSR count). The molecule has 1 aliphatic rings. The normalized spacial score (nSPS) is 36.7. The van der Waals surface area contributed by atoms with Crippen LogP contribution in [0.3, 0.4) is 0 Å². The Balaban J connectivity index is 2.11. The Kier molecular flexibility index (Phi) is 3.12. The summed E-state index contributed by atoms with van der Waals surface area (Å²) in [6.45, 7) is 4.64. The SMILES string of the molecule is CC1CCCC(N)(Cc2cncs2)C1C. The summed E-state index contributed by atoms with van der Waals surface area (Å²) in [5.74, 6) is 1.38. The van der Waals surface area contributed by atoms with Crippen LogP contribution in [0.25, 0.3) is 0 Å². The van der Waals surface area contributed by atoms with Crippen LogP contribution in [-0.4, -0.2) is 10.5 Å². The molecule has 3 unspecified atom stereocenters. The number of aromatic nitrogens is 1. The lowest BCUT2D eigenvalue weighted by Crippen LogP contribution is -2.52. The molecular weight excluding hydrogens is 204 g/mol. The van der Waals surface area contributed by atoms with Crippen molar-refractivity contribution in [3.8, 4) is 0 Å². The smallest absolute Gasteiger partial charge is 0.0794 e. The second kappa shape index (κ2) is 4.22. The Labute approximate surface area is 95.9 Å². The van der Waals surface area contributed by atoms with Crippen LogP contribution >= 0.6 is 11.3 Å². The van der Waals surface area contributed by atoms with E-state index in [1.165, 1.54) is 17.7 Å². The Morgan fingerprint density at radius 3 is 3.07 bits per heavy atom. The molecule has 0 amide bonds. The molecule has 0 aliphatic heterocycles. The molecule has 3 atom stereocenters. The fourth-order valence-corrected chi connectivity index (χ4v) is 3.43. The van der Waals surface area contributed by atoms with Gasteiger partial charge in [-0.15, -0.1) is 11.3 Å². The van der Waals surface area contributed by atoms with E-state index in [0.29, 0.717) is 5.92 Å². The third-order valence-electron chi connectivity index (χ3n) is 4.05. The van der Waals surface area contributed by atoms with Gasteiger partial charge in [0.2, 0.25) is 0 Å². The number of rotatable bonds is 2. The molecule has 3 heteroatoms. The molecule has 1 fully saturated rings. The Hall–Kier alpha value is -0.410. The van der Waals surface area contributed by atoms with Gasteiger partial charge in [-0.3, -0.25) is 4.98 Å². The predicted octanol–water partition coefficient (Wildman–Crippen LogP) is 2.84. The van der Waals surface area contributed by atoms with Gasteiger partial charge in [0.05, 0.1) is 5.51 Å². The average molecular weight is 224 g/mol. The van der Waals surface area contributed by atoms with Crippen molar-refractivity contribution in [2.24, 2.45) is 17.6 Å². The van der Waals surface area contributed by atoms with Gasteiger partial charge in [0.15, 0.2) is 0 Å². The number of thiazole rings is 1. The van der Waals surface area contributed by atoms with Crippen molar-refractivity contribution in [3.05, 3.63) is 16.6 Å². The topological polar surface area (TPSA) is 38.9 Å². The zero-order chi connectivity index (χ0) is 10.9. The number of nitrogens with zero attached hydrogens (tertiary/aromatic N) is 1. The van der Waals surface area contributed by atoms with E-state index in [1.54, 1.807) is 11.3 Å². The highest BCUT2D eigenvalue weighted by Gasteiger charge is 2.38. The standard InChI is InChI=1S/C12H20N2S/c1-9-4-3-5-12(13,10(9)2)6-11-7-14-8-15-11/h7-10H,3-6,13H2,1-2H3. The van der Waals surface area contributed by atoms with Gasteiger partial charge in [-0.25, -0.2) is 0 Å².